The van der Waals surface area contributed by atoms with Gasteiger partial charge in [0.25, 0.3) is 0 Å². The number of hydrogen-bond donors (Lipinski definition) is 2. The molecular formula is C11H13N3O3. The van der Waals surface area contributed by atoms with Crippen LogP contribution in [0.15, 0.2) is 40.6 Å². The van der Waals surface area contributed by atoms with Crippen molar-refractivity contribution in [1.82, 2.24) is 10.7 Å². The normalized spacial score (nSPS) is 10.1. The number of carbonyl (C=O) groups excluding carboxylic acids is 2. The summed E-state index contributed by atoms with van der Waals surface area (Å²) in [7, 11) is 0. The van der Waals surface area contributed by atoms with Crippen molar-refractivity contribution >= 4 is 18.0 Å². The van der Waals surface area contributed by atoms with Crippen molar-refractivity contribution < 1.29 is 14.0 Å². The lowest BCUT2D eigenvalue weighted by Gasteiger charge is -2.00. The number of rotatable bonds is 6. The van der Waals surface area contributed by atoms with Crippen LogP contribution in [-0.4, -0.2) is 24.6 Å². The molecule has 2 N–H and O–H groups in total. The average molecular weight is 235 g/mol. The standard InChI is InChI=1S/C11H13N3O3/c1-2-5-12-10(15)7-11(16)14-13-8-9-4-3-6-17-9/h2-4,6,8H,1,5,7H2,(H,12,15)(H,14,16)/b13-8-. The smallest absolute Gasteiger partial charge is 0.249 e. The second-order valence-electron chi connectivity index (χ2n) is 3.08. The molecule has 1 aromatic heterocycles. The van der Waals surface area contributed by atoms with Crippen molar-refractivity contribution in [3.8, 4) is 0 Å². The second-order valence-corrected chi connectivity index (χ2v) is 3.08. The van der Waals surface area contributed by atoms with Crippen molar-refractivity contribution in [1.29, 1.82) is 0 Å². The zero-order valence-electron chi connectivity index (χ0n) is 9.18. The average Bonchev–Trinajstić information content (AvgIpc) is 2.79. The number of hydrazone groups is 1. The van der Waals surface area contributed by atoms with E-state index in [-0.39, 0.29) is 12.3 Å². The molecule has 1 rings (SSSR count). The van der Waals surface area contributed by atoms with Crippen molar-refractivity contribution in [2.45, 2.75) is 6.42 Å². The Hall–Kier alpha value is -2.37. The number of furan rings is 1. The van der Waals surface area contributed by atoms with Crippen molar-refractivity contribution in [2.24, 2.45) is 5.10 Å². The predicted molar refractivity (Wildman–Crippen MR) is 62.3 cm³/mol. The molecule has 6 heteroatoms. The van der Waals surface area contributed by atoms with Gasteiger partial charge in [0.15, 0.2) is 0 Å². The van der Waals surface area contributed by atoms with E-state index >= 15 is 0 Å². The number of amides is 2. The van der Waals surface area contributed by atoms with Gasteiger partial charge < -0.3 is 9.73 Å². The number of hydrogen-bond acceptors (Lipinski definition) is 4. The zero-order valence-corrected chi connectivity index (χ0v) is 9.18. The molecular weight excluding hydrogens is 222 g/mol. The summed E-state index contributed by atoms with van der Waals surface area (Å²) in [5.41, 5.74) is 2.21. The van der Waals surface area contributed by atoms with Crippen LogP contribution in [0, 0.1) is 0 Å². The minimum atomic E-state index is -0.491. The summed E-state index contributed by atoms with van der Waals surface area (Å²) >= 11 is 0. The quantitative estimate of drug-likeness (QED) is 0.324. The van der Waals surface area contributed by atoms with E-state index in [2.05, 4.69) is 22.4 Å². The van der Waals surface area contributed by atoms with E-state index in [1.807, 2.05) is 0 Å². The highest BCUT2D eigenvalue weighted by molar-refractivity contribution is 5.97. The van der Waals surface area contributed by atoms with E-state index in [9.17, 15) is 9.59 Å². The van der Waals surface area contributed by atoms with Gasteiger partial charge in [0.2, 0.25) is 11.8 Å². The van der Waals surface area contributed by atoms with Crippen LogP contribution >= 0.6 is 0 Å². The Morgan fingerprint density at radius 3 is 2.94 bits per heavy atom. The number of carbonyl (C=O) groups is 2. The minimum Gasteiger partial charge on any atom is -0.463 e. The Bertz CT molecular complexity index is 410. The molecule has 0 aliphatic heterocycles. The van der Waals surface area contributed by atoms with Gasteiger partial charge in [-0.3, -0.25) is 9.59 Å². The first-order chi connectivity index (χ1) is 8.22. The molecule has 17 heavy (non-hydrogen) atoms. The van der Waals surface area contributed by atoms with Gasteiger partial charge in [0, 0.05) is 6.54 Å². The monoisotopic (exact) mass is 235 g/mol. The zero-order chi connectivity index (χ0) is 12.5. The van der Waals surface area contributed by atoms with E-state index < -0.39 is 5.91 Å². The van der Waals surface area contributed by atoms with Crippen LogP contribution in [0.4, 0.5) is 0 Å². The largest absolute Gasteiger partial charge is 0.463 e. The third kappa shape index (κ3) is 5.31. The van der Waals surface area contributed by atoms with Crippen LogP contribution in [0.25, 0.3) is 0 Å². The summed E-state index contributed by atoms with van der Waals surface area (Å²) in [6, 6.07) is 3.39. The molecule has 0 unspecified atom stereocenters. The second kappa shape index (κ2) is 7.00. The van der Waals surface area contributed by atoms with Crippen molar-refractivity contribution in [3.63, 3.8) is 0 Å². The van der Waals surface area contributed by atoms with Gasteiger partial charge in [-0.05, 0) is 12.1 Å². The predicted octanol–water partition coefficient (Wildman–Crippen LogP) is 0.422. The molecule has 1 heterocycles. The van der Waals surface area contributed by atoms with E-state index in [0.717, 1.165) is 0 Å². The van der Waals surface area contributed by atoms with Crippen LogP contribution in [0.2, 0.25) is 0 Å². The molecule has 0 aliphatic rings. The molecule has 2 amide bonds. The first-order valence-corrected chi connectivity index (χ1v) is 4.95. The highest BCUT2D eigenvalue weighted by atomic mass is 16.3. The lowest BCUT2D eigenvalue weighted by atomic mass is 10.4. The maximum absolute atomic E-state index is 11.2. The van der Waals surface area contributed by atoms with Crippen molar-refractivity contribution in [2.75, 3.05) is 6.54 Å². The molecule has 1 aromatic rings. The van der Waals surface area contributed by atoms with E-state index in [1.54, 1.807) is 12.1 Å². The minimum absolute atomic E-state index is 0.274. The summed E-state index contributed by atoms with van der Waals surface area (Å²) < 4.78 is 4.96. The van der Waals surface area contributed by atoms with Gasteiger partial charge in [0.05, 0.1) is 12.5 Å². The maximum atomic E-state index is 11.2. The lowest BCUT2D eigenvalue weighted by molar-refractivity contribution is -0.129. The summed E-state index contributed by atoms with van der Waals surface area (Å²) in [5.74, 6) is -0.355. The third-order valence-electron chi connectivity index (χ3n) is 1.69. The van der Waals surface area contributed by atoms with Gasteiger partial charge in [-0.1, -0.05) is 6.08 Å². The van der Waals surface area contributed by atoms with Gasteiger partial charge >= 0.3 is 0 Å². The van der Waals surface area contributed by atoms with Gasteiger partial charge in [0.1, 0.15) is 12.2 Å². The molecule has 0 atom stereocenters. The molecule has 90 valence electrons. The molecule has 6 nitrogen and oxygen atoms in total. The lowest BCUT2D eigenvalue weighted by Crippen LogP contribution is -2.29. The molecule has 0 saturated carbocycles. The highest BCUT2D eigenvalue weighted by Crippen LogP contribution is 1.94. The molecule has 0 fully saturated rings. The van der Waals surface area contributed by atoms with Crippen molar-refractivity contribution in [3.05, 3.63) is 36.8 Å². The fourth-order valence-corrected chi connectivity index (χ4v) is 0.966. The van der Waals surface area contributed by atoms with Gasteiger partial charge in [-0.25, -0.2) is 5.43 Å². The Morgan fingerprint density at radius 1 is 1.47 bits per heavy atom. The maximum Gasteiger partial charge on any atom is 0.249 e. The van der Waals surface area contributed by atoms with Gasteiger partial charge in [-0.15, -0.1) is 6.58 Å². The summed E-state index contributed by atoms with van der Waals surface area (Å²) in [5, 5.41) is 6.11. The first-order valence-electron chi connectivity index (χ1n) is 4.95. The highest BCUT2D eigenvalue weighted by Gasteiger charge is 2.06. The third-order valence-corrected chi connectivity index (χ3v) is 1.69. The summed E-state index contributed by atoms with van der Waals surface area (Å²) in [6.07, 6.45) is 4.10. The van der Waals surface area contributed by atoms with Crippen LogP contribution in [0.3, 0.4) is 0 Å². The van der Waals surface area contributed by atoms with Crippen LogP contribution in [0.1, 0.15) is 12.2 Å². The number of nitrogens with zero attached hydrogens (tertiary/aromatic N) is 1. The van der Waals surface area contributed by atoms with Gasteiger partial charge in [-0.2, -0.15) is 5.10 Å². The van der Waals surface area contributed by atoms with Crippen LogP contribution < -0.4 is 10.7 Å². The van der Waals surface area contributed by atoms with E-state index in [4.69, 9.17) is 4.42 Å². The number of nitrogens with one attached hydrogen (secondary N) is 2. The fourth-order valence-electron chi connectivity index (χ4n) is 0.966. The molecule has 0 aliphatic carbocycles. The Balaban J connectivity index is 2.25. The summed E-state index contributed by atoms with van der Waals surface area (Å²) in [4.78, 5) is 22.3. The van der Waals surface area contributed by atoms with E-state index in [0.29, 0.717) is 12.3 Å². The summed E-state index contributed by atoms with van der Waals surface area (Å²) in [6.45, 7) is 3.78. The molecule has 0 radical (unpaired) electrons. The molecule has 0 aromatic carbocycles. The Kier molecular flexibility index (Phi) is 5.23. The Labute approximate surface area is 98.4 Å². The Morgan fingerprint density at radius 2 is 2.29 bits per heavy atom. The van der Waals surface area contributed by atoms with E-state index in [1.165, 1.54) is 18.6 Å². The first kappa shape index (κ1) is 12.7. The SMILES string of the molecule is C=CCNC(=O)CC(=O)N/N=C\c1ccco1. The molecule has 0 spiro atoms. The fraction of sp³-hybridized carbons (Fsp3) is 0.182. The molecule has 0 bridgehead atoms. The van der Waals surface area contributed by atoms with Crippen LogP contribution in [-0.2, 0) is 9.59 Å². The van der Waals surface area contributed by atoms with Crippen LogP contribution in [0.5, 0.6) is 0 Å². The molecule has 0 saturated heterocycles. The topological polar surface area (TPSA) is 83.7 Å².